The molecule has 38 heavy (non-hydrogen) atoms. The second-order valence-electron chi connectivity index (χ2n) is 8.15. The third-order valence-electron chi connectivity index (χ3n) is 5.70. The molecule has 2 amide bonds. The van der Waals surface area contributed by atoms with E-state index in [0.717, 1.165) is 22.9 Å². The number of ether oxygens (including phenoxy) is 1. The van der Waals surface area contributed by atoms with Crippen LogP contribution in [-0.2, 0) is 12.7 Å². The average molecular weight is 526 g/mol. The van der Waals surface area contributed by atoms with Crippen molar-refractivity contribution in [2.45, 2.75) is 19.6 Å². The van der Waals surface area contributed by atoms with Gasteiger partial charge in [-0.15, -0.1) is 0 Å². The maximum Gasteiger partial charge on any atom is 0.437 e. The third-order valence-corrected chi connectivity index (χ3v) is 5.70. The van der Waals surface area contributed by atoms with Crippen LogP contribution in [0.5, 0.6) is 5.75 Å². The number of halogens is 4. The van der Waals surface area contributed by atoms with Gasteiger partial charge in [-0.05, 0) is 42.8 Å². The maximum absolute atomic E-state index is 13.9. The summed E-state index contributed by atoms with van der Waals surface area (Å²) in [5.41, 5.74) is 3.36. The van der Waals surface area contributed by atoms with Crippen LogP contribution in [0.25, 0.3) is 10.9 Å². The lowest BCUT2D eigenvalue weighted by atomic mass is 10.1. The minimum Gasteiger partial charge on any atom is -0.495 e. The summed E-state index contributed by atoms with van der Waals surface area (Å²) in [6, 6.07) is 10.7. The zero-order valence-electron chi connectivity index (χ0n) is 19.9. The van der Waals surface area contributed by atoms with Gasteiger partial charge in [0.2, 0.25) is 0 Å². The summed E-state index contributed by atoms with van der Waals surface area (Å²) < 4.78 is 61.7. The molecule has 0 aliphatic carbocycles. The molecule has 4 rings (SSSR count). The summed E-state index contributed by atoms with van der Waals surface area (Å²) in [7, 11) is 1.36. The fourth-order valence-corrected chi connectivity index (χ4v) is 3.84. The number of primary amides is 1. The highest BCUT2D eigenvalue weighted by atomic mass is 19.4. The number of nitrogens with one attached hydrogen (secondary N) is 1. The van der Waals surface area contributed by atoms with Crippen LogP contribution in [0, 0.1) is 24.1 Å². The zero-order valence-corrected chi connectivity index (χ0v) is 19.9. The second-order valence-corrected chi connectivity index (χ2v) is 8.15. The molecule has 0 radical (unpaired) electrons. The Morgan fingerprint density at radius 3 is 2.55 bits per heavy atom. The normalized spacial score (nSPS) is 11.3. The summed E-state index contributed by atoms with van der Waals surface area (Å²) >= 11 is 0. The first-order valence-corrected chi connectivity index (χ1v) is 10.9. The average Bonchev–Trinajstić information content (AvgIpc) is 3.17. The lowest BCUT2D eigenvalue weighted by Gasteiger charge is -2.12. The van der Waals surface area contributed by atoms with Crippen molar-refractivity contribution in [1.29, 1.82) is 5.26 Å². The van der Waals surface area contributed by atoms with Gasteiger partial charge in [-0.2, -0.15) is 23.5 Å². The predicted molar refractivity (Wildman–Crippen MR) is 127 cm³/mol. The van der Waals surface area contributed by atoms with Gasteiger partial charge in [0, 0.05) is 11.5 Å². The van der Waals surface area contributed by atoms with E-state index in [1.807, 2.05) is 6.07 Å². The smallest absolute Gasteiger partial charge is 0.437 e. The van der Waals surface area contributed by atoms with Gasteiger partial charge in [0.15, 0.2) is 5.69 Å². The van der Waals surface area contributed by atoms with E-state index in [9.17, 15) is 27.2 Å². The Bertz CT molecular complexity index is 1640. The Morgan fingerprint density at radius 1 is 1.18 bits per heavy atom. The number of methoxy groups -OCH3 is 1. The largest absolute Gasteiger partial charge is 0.495 e. The number of pyridine rings is 1. The molecule has 0 unspecified atom stereocenters. The van der Waals surface area contributed by atoms with Crippen molar-refractivity contribution >= 4 is 28.4 Å². The second kappa shape index (κ2) is 9.81. The number of carbonyl (C=O) groups excluding carboxylic acids is 2. The molecule has 2 aromatic heterocycles. The Balaban J connectivity index is 1.77. The number of hydrogen-bond donors (Lipinski definition) is 2. The van der Waals surface area contributed by atoms with Crippen LogP contribution in [0.1, 0.15) is 43.4 Å². The lowest BCUT2D eigenvalue weighted by molar-refractivity contribution is -0.140. The first-order chi connectivity index (χ1) is 17.9. The van der Waals surface area contributed by atoms with Gasteiger partial charge in [0.25, 0.3) is 11.8 Å². The molecule has 2 heterocycles. The van der Waals surface area contributed by atoms with E-state index in [1.54, 1.807) is 6.07 Å². The molecule has 0 saturated heterocycles. The molecule has 2 aromatic carbocycles. The van der Waals surface area contributed by atoms with E-state index in [1.165, 1.54) is 32.2 Å². The standard InChI is InChI=1S/C25H18F4N6O3/c1-12-21(33-24(37)17-9-19(23(31)36)32-18-8-15(26)5-6-16(17)18)22(25(27,28)29)34-35(12)11-13-3-4-14(10-30)20(7-13)38-2/h3-9H,11H2,1-2H3,(H2,31,36)(H,33,37). The maximum atomic E-state index is 13.9. The first kappa shape index (κ1) is 26.1. The molecule has 0 fully saturated rings. The quantitative estimate of drug-likeness (QED) is 0.362. The van der Waals surface area contributed by atoms with Gasteiger partial charge in [-0.25, -0.2) is 9.37 Å². The Labute approximate surface area is 212 Å². The first-order valence-electron chi connectivity index (χ1n) is 10.9. The topological polar surface area (TPSA) is 136 Å². The third kappa shape index (κ3) is 4.96. The summed E-state index contributed by atoms with van der Waals surface area (Å²) in [6.45, 7) is 1.21. The van der Waals surface area contributed by atoms with Crippen molar-refractivity contribution in [3.05, 3.63) is 82.1 Å². The molecule has 9 nitrogen and oxygen atoms in total. The molecule has 13 heteroatoms. The number of nitrogens with two attached hydrogens (primary N) is 1. The number of amides is 2. The van der Waals surface area contributed by atoms with Gasteiger partial charge < -0.3 is 15.8 Å². The summed E-state index contributed by atoms with van der Waals surface area (Å²) in [4.78, 5) is 28.8. The number of benzene rings is 2. The van der Waals surface area contributed by atoms with E-state index in [2.05, 4.69) is 15.4 Å². The van der Waals surface area contributed by atoms with Crippen molar-refractivity contribution in [2.75, 3.05) is 12.4 Å². The highest BCUT2D eigenvalue weighted by molar-refractivity contribution is 6.14. The number of aromatic nitrogens is 3. The molecular formula is C25H18F4N6O3. The molecule has 0 aliphatic heterocycles. The van der Waals surface area contributed by atoms with E-state index in [0.29, 0.717) is 5.56 Å². The van der Waals surface area contributed by atoms with Crippen molar-refractivity contribution in [3.63, 3.8) is 0 Å². The van der Waals surface area contributed by atoms with Crippen LogP contribution in [0.15, 0.2) is 42.5 Å². The predicted octanol–water partition coefficient (Wildman–Crippen LogP) is 4.18. The molecular weight excluding hydrogens is 508 g/mol. The van der Waals surface area contributed by atoms with Crippen molar-refractivity contribution in [3.8, 4) is 11.8 Å². The van der Waals surface area contributed by atoms with Gasteiger partial charge in [0.1, 0.15) is 23.3 Å². The van der Waals surface area contributed by atoms with Crippen molar-refractivity contribution < 1.29 is 31.9 Å². The molecule has 0 saturated carbocycles. The Hall–Kier alpha value is -4.99. The fourth-order valence-electron chi connectivity index (χ4n) is 3.84. The molecule has 0 atom stereocenters. The van der Waals surface area contributed by atoms with E-state index >= 15 is 0 Å². The van der Waals surface area contributed by atoms with Crippen LogP contribution >= 0.6 is 0 Å². The molecule has 3 N–H and O–H groups in total. The van der Waals surface area contributed by atoms with Gasteiger partial charge >= 0.3 is 6.18 Å². The Kier molecular flexibility index (Phi) is 6.74. The zero-order chi connectivity index (χ0) is 27.8. The molecule has 0 bridgehead atoms. The number of carbonyl (C=O) groups is 2. The molecule has 194 valence electrons. The summed E-state index contributed by atoms with van der Waals surface area (Å²) in [5, 5.41) is 15.2. The van der Waals surface area contributed by atoms with E-state index in [-0.39, 0.29) is 45.7 Å². The molecule has 0 aliphatic rings. The Morgan fingerprint density at radius 2 is 1.92 bits per heavy atom. The fraction of sp³-hybridized carbons (Fsp3) is 0.160. The minimum absolute atomic E-state index is 0.0199. The SMILES string of the molecule is COc1cc(Cn2nc(C(F)(F)F)c(NC(=O)c3cc(C(N)=O)nc4cc(F)ccc34)c2C)ccc1C#N. The number of nitriles is 1. The van der Waals surface area contributed by atoms with Crippen LogP contribution in [0.2, 0.25) is 0 Å². The van der Waals surface area contributed by atoms with Crippen LogP contribution in [-0.4, -0.2) is 33.7 Å². The van der Waals surface area contributed by atoms with Crippen molar-refractivity contribution in [1.82, 2.24) is 14.8 Å². The number of hydrogen-bond acceptors (Lipinski definition) is 6. The number of fused-ring (bicyclic) bond motifs is 1. The lowest BCUT2D eigenvalue weighted by Crippen LogP contribution is -2.19. The number of anilines is 1. The number of nitrogens with zero attached hydrogens (tertiary/aromatic N) is 4. The highest BCUT2D eigenvalue weighted by Gasteiger charge is 2.39. The van der Waals surface area contributed by atoms with Crippen molar-refractivity contribution in [2.24, 2.45) is 5.73 Å². The number of rotatable bonds is 6. The van der Waals surface area contributed by atoms with Crippen LogP contribution in [0.4, 0.5) is 23.2 Å². The van der Waals surface area contributed by atoms with Gasteiger partial charge in [-0.3, -0.25) is 14.3 Å². The number of alkyl halides is 3. The summed E-state index contributed by atoms with van der Waals surface area (Å²) in [5.74, 6) is -2.48. The minimum atomic E-state index is -4.93. The van der Waals surface area contributed by atoms with Gasteiger partial charge in [-0.1, -0.05) is 6.07 Å². The van der Waals surface area contributed by atoms with E-state index in [4.69, 9.17) is 15.7 Å². The van der Waals surface area contributed by atoms with Crippen LogP contribution < -0.4 is 15.8 Å². The van der Waals surface area contributed by atoms with E-state index < -0.39 is 35.2 Å². The van der Waals surface area contributed by atoms with Crippen LogP contribution in [0.3, 0.4) is 0 Å². The molecule has 4 aromatic rings. The highest BCUT2D eigenvalue weighted by Crippen LogP contribution is 2.37. The molecule has 0 spiro atoms. The van der Waals surface area contributed by atoms with Gasteiger partial charge in [0.05, 0.1) is 41.7 Å². The monoisotopic (exact) mass is 526 g/mol. The summed E-state index contributed by atoms with van der Waals surface area (Å²) in [6.07, 6.45) is -4.93.